The van der Waals surface area contributed by atoms with Crippen molar-refractivity contribution in [1.82, 2.24) is 9.97 Å². The lowest BCUT2D eigenvalue weighted by Gasteiger charge is -2.12. The van der Waals surface area contributed by atoms with Crippen LogP contribution >= 0.6 is 0 Å². The van der Waals surface area contributed by atoms with E-state index in [1.54, 1.807) is 61.1 Å². The van der Waals surface area contributed by atoms with Crippen molar-refractivity contribution >= 4 is 45.2 Å². The van der Waals surface area contributed by atoms with Crippen molar-refractivity contribution < 1.29 is 9.18 Å². The highest BCUT2D eigenvalue weighted by Crippen LogP contribution is 2.27. The summed E-state index contributed by atoms with van der Waals surface area (Å²) in [5.41, 5.74) is 4.54. The molecule has 1 amide bonds. The Kier molecular flexibility index (Phi) is 8.21. The van der Waals surface area contributed by atoms with Gasteiger partial charge in [0, 0.05) is 52.4 Å². The van der Waals surface area contributed by atoms with E-state index in [4.69, 9.17) is 0 Å². The first-order valence-electron chi connectivity index (χ1n) is 12.0. The predicted molar refractivity (Wildman–Crippen MR) is 149 cm³/mol. The van der Waals surface area contributed by atoms with Gasteiger partial charge in [-0.05, 0) is 78.9 Å². The number of halogens is 1. The summed E-state index contributed by atoms with van der Waals surface area (Å²) in [7, 11) is 0. The lowest BCUT2D eigenvalue weighted by molar-refractivity contribution is 0.102. The Morgan fingerprint density at radius 2 is 1.47 bits per heavy atom. The molecule has 8 heteroatoms. The SMILES string of the molecule is CC.N#Cc1ccc2nccc(Nc3ccc(C(=O)Nc4ccc(Nc5ccncc5)cc4)c(F)c3)c2c1. The normalized spacial score (nSPS) is 10.1. The van der Waals surface area contributed by atoms with Crippen LogP contribution in [0.3, 0.4) is 0 Å². The highest BCUT2D eigenvalue weighted by molar-refractivity contribution is 6.05. The Balaban J connectivity index is 0.00000164. The number of aromatic nitrogens is 2. The van der Waals surface area contributed by atoms with E-state index < -0.39 is 11.7 Å². The molecule has 3 aromatic carbocycles. The smallest absolute Gasteiger partial charge is 0.258 e. The number of pyridine rings is 2. The molecule has 3 N–H and O–H groups in total. The van der Waals surface area contributed by atoms with Crippen molar-refractivity contribution in [3.63, 3.8) is 0 Å². The number of fused-ring (bicyclic) bond motifs is 1. The van der Waals surface area contributed by atoms with E-state index >= 15 is 0 Å². The van der Waals surface area contributed by atoms with Crippen LogP contribution in [0.2, 0.25) is 0 Å². The summed E-state index contributed by atoms with van der Waals surface area (Å²) >= 11 is 0. The molecule has 7 nitrogen and oxygen atoms in total. The Morgan fingerprint density at radius 1 is 0.789 bits per heavy atom. The third-order valence-corrected chi connectivity index (χ3v) is 5.48. The summed E-state index contributed by atoms with van der Waals surface area (Å²) in [5.74, 6) is -1.22. The fraction of sp³-hybridized carbons (Fsp3) is 0.0667. The van der Waals surface area contributed by atoms with E-state index in [0.29, 0.717) is 28.1 Å². The van der Waals surface area contributed by atoms with Gasteiger partial charge in [-0.3, -0.25) is 14.8 Å². The molecule has 0 saturated heterocycles. The first-order chi connectivity index (χ1) is 18.6. The molecule has 2 aromatic heterocycles. The summed E-state index contributed by atoms with van der Waals surface area (Å²) in [4.78, 5) is 21.0. The average Bonchev–Trinajstić information content (AvgIpc) is 2.96. The summed E-state index contributed by atoms with van der Waals surface area (Å²) < 4.78 is 14.9. The van der Waals surface area contributed by atoms with Gasteiger partial charge in [-0.25, -0.2) is 4.39 Å². The van der Waals surface area contributed by atoms with Crippen molar-refractivity contribution in [3.05, 3.63) is 114 Å². The predicted octanol–water partition coefficient (Wildman–Crippen LogP) is 7.41. The van der Waals surface area contributed by atoms with Crippen molar-refractivity contribution in [3.8, 4) is 6.07 Å². The van der Waals surface area contributed by atoms with Gasteiger partial charge in [0.15, 0.2) is 0 Å². The quantitative estimate of drug-likeness (QED) is 0.223. The number of hydrogen-bond acceptors (Lipinski definition) is 6. The van der Waals surface area contributed by atoms with Crippen molar-refractivity contribution in [2.24, 2.45) is 0 Å². The highest BCUT2D eigenvalue weighted by Gasteiger charge is 2.13. The molecule has 0 bridgehead atoms. The Bertz CT molecular complexity index is 1600. The summed E-state index contributed by atoms with van der Waals surface area (Å²) in [6.45, 7) is 4.00. The Hall–Kier alpha value is -5.29. The van der Waals surface area contributed by atoms with E-state index in [0.717, 1.165) is 16.8 Å². The molecule has 0 unspecified atom stereocenters. The second kappa shape index (κ2) is 12.1. The molecule has 0 spiro atoms. The molecular weight excluding hydrogens is 479 g/mol. The molecule has 0 atom stereocenters. The third kappa shape index (κ3) is 6.09. The number of hydrogen-bond donors (Lipinski definition) is 3. The lowest BCUT2D eigenvalue weighted by Crippen LogP contribution is -2.14. The zero-order chi connectivity index (χ0) is 26.9. The van der Waals surface area contributed by atoms with Crippen LogP contribution in [0.25, 0.3) is 10.9 Å². The van der Waals surface area contributed by atoms with Gasteiger partial charge in [0.05, 0.1) is 22.7 Å². The summed E-state index contributed by atoms with van der Waals surface area (Å²) in [6.07, 6.45) is 5.01. The minimum atomic E-state index is -0.662. The van der Waals surface area contributed by atoms with Crippen molar-refractivity contribution in [2.75, 3.05) is 16.0 Å². The largest absolute Gasteiger partial charge is 0.355 e. The number of nitriles is 1. The first kappa shape index (κ1) is 25.8. The maximum Gasteiger partial charge on any atom is 0.258 e. The molecule has 0 aliphatic heterocycles. The van der Waals surface area contributed by atoms with Gasteiger partial charge in [0.1, 0.15) is 5.82 Å². The number of nitrogens with one attached hydrogen (secondary N) is 3. The van der Waals surface area contributed by atoms with Crippen LogP contribution in [-0.2, 0) is 0 Å². The van der Waals surface area contributed by atoms with Crippen LogP contribution in [0.4, 0.5) is 32.8 Å². The fourth-order valence-electron chi connectivity index (χ4n) is 3.69. The highest BCUT2D eigenvalue weighted by atomic mass is 19.1. The van der Waals surface area contributed by atoms with E-state index in [9.17, 15) is 14.4 Å². The minimum Gasteiger partial charge on any atom is -0.355 e. The van der Waals surface area contributed by atoms with Crippen LogP contribution < -0.4 is 16.0 Å². The van der Waals surface area contributed by atoms with Crippen LogP contribution in [0.15, 0.2) is 97.5 Å². The standard InChI is InChI=1S/C28H19FN6O.C2H6/c29-25-16-22(34-27-11-14-32-26-8-1-18(17-30)15-24(26)27)6-7-23(25)28(36)35-20-4-2-19(3-5-20)33-21-9-12-31-13-10-21;1-2/h1-16H,(H,31,33)(H,32,34)(H,35,36);1-2H3. The monoisotopic (exact) mass is 504 g/mol. The average molecular weight is 505 g/mol. The second-order valence-corrected chi connectivity index (χ2v) is 7.91. The summed E-state index contributed by atoms with van der Waals surface area (Å²) in [6, 6.07) is 24.1. The van der Waals surface area contributed by atoms with E-state index in [1.165, 1.54) is 12.1 Å². The molecule has 5 rings (SSSR count). The number of benzene rings is 3. The second-order valence-electron chi connectivity index (χ2n) is 7.91. The molecule has 0 saturated carbocycles. The van der Waals surface area contributed by atoms with E-state index in [-0.39, 0.29) is 5.56 Å². The molecule has 0 fully saturated rings. The molecule has 0 radical (unpaired) electrons. The third-order valence-electron chi connectivity index (χ3n) is 5.48. The van der Waals surface area contributed by atoms with Gasteiger partial charge < -0.3 is 16.0 Å². The molecule has 2 heterocycles. The van der Waals surface area contributed by atoms with Gasteiger partial charge in [-0.1, -0.05) is 13.8 Å². The van der Waals surface area contributed by atoms with Crippen LogP contribution in [0, 0.1) is 17.1 Å². The molecule has 38 heavy (non-hydrogen) atoms. The minimum absolute atomic E-state index is 0.0779. The van der Waals surface area contributed by atoms with E-state index in [2.05, 4.69) is 32.0 Å². The molecule has 0 aliphatic carbocycles. The van der Waals surface area contributed by atoms with Gasteiger partial charge in [-0.15, -0.1) is 0 Å². The number of carbonyl (C=O) groups excluding carboxylic acids is 1. The number of rotatable bonds is 6. The maximum absolute atomic E-state index is 14.9. The molecule has 0 aliphatic rings. The van der Waals surface area contributed by atoms with Crippen molar-refractivity contribution in [2.45, 2.75) is 13.8 Å². The Morgan fingerprint density at radius 3 is 2.18 bits per heavy atom. The van der Waals surface area contributed by atoms with Crippen LogP contribution in [0.5, 0.6) is 0 Å². The maximum atomic E-state index is 14.9. The topological polar surface area (TPSA) is 103 Å². The molecule has 188 valence electrons. The lowest BCUT2D eigenvalue weighted by atomic mass is 10.1. The zero-order valence-corrected chi connectivity index (χ0v) is 20.9. The number of amides is 1. The van der Waals surface area contributed by atoms with Gasteiger partial charge in [0.2, 0.25) is 0 Å². The van der Waals surface area contributed by atoms with Crippen LogP contribution in [0.1, 0.15) is 29.8 Å². The summed E-state index contributed by atoms with van der Waals surface area (Å²) in [5, 5.41) is 19.0. The fourth-order valence-corrected chi connectivity index (χ4v) is 3.69. The zero-order valence-electron chi connectivity index (χ0n) is 20.9. The number of nitrogens with zero attached hydrogens (tertiary/aromatic N) is 3. The van der Waals surface area contributed by atoms with Gasteiger partial charge in [-0.2, -0.15) is 5.26 Å². The Labute approximate surface area is 220 Å². The number of anilines is 5. The molecule has 5 aromatic rings. The van der Waals surface area contributed by atoms with E-state index in [1.807, 2.05) is 38.1 Å². The van der Waals surface area contributed by atoms with Crippen molar-refractivity contribution in [1.29, 1.82) is 5.26 Å². The molecular formula is C30H25FN6O. The first-order valence-corrected chi connectivity index (χ1v) is 12.0. The number of carbonyl (C=O) groups is 1. The van der Waals surface area contributed by atoms with Gasteiger partial charge >= 0.3 is 0 Å². The van der Waals surface area contributed by atoms with Gasteiger partial charge in [0.25, 0.3) is 5.91 Å². The van der Waals surface area contributed by atoms with Crippen LogP contribution in [-0.4, -0.2) is 15.9 Å².